The average Bonchev–Trinajstić information content (AvgIpc) is 2.97. The van der Waals surface area contributed by atoms with Gasteiger partial charge in [0.05, 0.1) is 5.94 Å². The molecule has 0 aromatic heterocycles. The van der Waals surface area contributed by atoms with Crippen LogP contribution in [0.2, 0.25) is 0 Å². The van der Waals surface area contributed by atoms with E-state index in [9.17, 15) is 14.6 Å². The number of esters is 1. The van der Waals surface area contributed by atoms with Crippen molar-refractivity contribution in [2.45, 2.75) is 32.6 Å². The molecule has 0 radical (unpaired) electrons. The van der Waals surface area contributed by atoms with Gasteiger partial charge in [-0.05, 0) is 31.6 Å². The molecule has 3 rings (SSSR count). The van der Waals surface area contributed by atoms with Crippen LogP contribution in [0.5, 0.6) is 5.75 Å². The van der Waals surface area contributed by atoms with Crippen LogP contribution in [0.25, 0.3) is 0 Å². The van der Waals surface area contributed by atoms with Gasteiger partial charge in [-0.2, -0.15) is 0 Å². The van der Waals surface area contributed by atoms with Crippen molar-refractivity contribution >= 4 is 19.0 Å². The SMILES string of the molecule is C=C1OC(C)=C(COC(=O)c2cccc3c2OB(O)[C@@H](NC(=O)CC)C3)O1. The smallest absolute Gasteiger partial charge is 0.534 e. The minimum absolute atomic E-state index is 0.120. The van der Waals surface area contributed by atoms with Gasteiger partial charge in [-0.15, -0.1) is 0 Å². The molecule has 142 valence electrons. The Labute approximate surface area is 156 Å². The molecule has 0 spiro atoms. The predicted octanol–water partition coefficient (Wildman–Crippen LogP) is 1.44. The number of hydrogen-bond donors (Lipinski definition) is 2. The molecule has 27 heavy (non-hydrogen) atoms. The second kappa shape index (κ2) is 7.75. The summed E-state index contributed by atoms with van der Waals surface area (Å²) < 4.78 is 21.2. The molecule has 0 saturated carbocycles. The first-order chi connectivity index (χ1) is 12.9. The van der Waals surface area contributed by atoms with Crippen molar-refractivity contribution in [3.63, 3.8) is 0 Å². The molecule has 1 atom stereocenters. The van der Waals surface area contributed by atoms with Gasteiger partial charge in [0.1, 0.15) is 17.1 Å². The van der Waals surface area contributed by atoms with E-state index in [1.807, 2.05) is 0 Å². The van der Waals surface area contributed by atoms with E-state index in [2.05, 4.69) is 11.9 Å². The van der Waals surface area contributed by atoms with Gasteiger partial charge >= 0.3 is 13.1 Å². The highest BCUT2D eigenvalue weighted by Crippen LogP contribution is 2.31. The lowest BCUT2D eigenvalue weighted by Gasteiger charge is -2.29. The van der Waals surface area contributed by atoms with Crippen molar-refractivity contribution < 1.29 is 33.5 Å². The van der Waals surface area contributed by atoms with Crippen LogP contribution in [0.15, 0.2) is 42.2 Å². The summed E-state index contributed by atoms with van der Waals surface area (Å²) in [6.45, 7) is 6.81. The summed E-state index contributed by atoms with van der Waals surface area (Å²) >= 11 is 0. The standard InChI is InChI=1S/C18H20BNO7/c1-4-16(21)20-15-8-12-6-5-7-13(17(12)27-19(15)23)18(22)24-9-14-10(2)25-11(3)26-14/h5-7,15,23H,3-4,8-9H2,1-2H3,(H,20,21)/t15-/m0/s1. The van der Waals surface area contributed by atoms with E-state index in [0.29, 0.717) is 29.9 Å². The van der Waals surface area contributed by atoms with Crippen molar-refractivity contribution in [2.75, 3.05) is 6.61 Å². The van der Waals surface area contributed by atoms with E-state index in [-0.39, 0.29) is 29.8 Å². The van der Waals surface area contributed by atoms with Gasteiger partial charge in [0, 0.05) is 6.42 Å². The number of nitrogens with one attached hydrogen (secondary N) is 1. The van der Waals surface area contributed by atoms with E-state index in [1.54, 1.807) is 32.0 Å². The zero-order valence-electron chi connectivity index (χ0n) is 15.1. The van der Waals surface area contributed by atoms with Crippen LogP contribution >= 0.6 is 0 Å². The number of carbonyl (C=O) groups excluding carboxylic acids is 2. The van der Waals surface area contributed by atoms with Crippen LogP contribution in [-0.4, -0.2) is 36.6 Å². The van der Waals surface area contributed by atoms with Gasteiger partial charge in [-0.3, -0.25) is 4.79 Å². The highest BCUT2D eigenvalue weighted by atomic mass is 16.7. The Morgan fingerprint density at radius 2 is 2.19 bits per heavy atom. The van der Waals surface area contributed by atoms with Crippen LogP contribution in [0, 0.1) is 0 Å². The molecular weight excluding hydrogens is 353 g/mol. The van der Waals surface area contributed by atoms with E-state index >= 15 is 0 Å². The highest BCUT2D eigenvalue weighted by molar-refractivity contribution is 6.47. The Balaban J connectivity index is 1.72. The van der Waals surface area contributed by atoms with Crippen molar-refractivity contribution in [3.05, 3.63) is 53.4 Å². The van der Waals surface area contributed by atoms with Crippen molar-refractivity contribution in [1.29, 1.82) is 0 Å². The topological polar surface area (TPSA) is 103 Å². The minimum atomic E-state index is -1.26. The fourth-order valence-corrected chi connectivity index (χ4v) is 2.81. The van der Waals surface area contributed by atoms with E-state index in [4.69, 9.17) is 18.9 Å². The van der Waals surface area contributed by atoms with Crippen molar-refractivity contribution in [1.82, 2.24) is 5.32 Å². The molecule has 2 aliphatic rings. The predicted molar refractivity (Wildman–Crippen MR) is 95.3 cm³/mol. The number of fused-ring (bicyclic) bond motifs is 1. The zero-order valence-corrected chi connectivity index (χ0v) is 15.1. The van der Waals surface area contributed by atoms with Crippen LogP contribution in [-0.2, 0) is 25.4 Å². The molecule has 0 fully saturated rings. The molecule has 0 aliphatic carbocycles. The first-order valence-electron chi connectivity index (χ1n) is 8.56. The normalized spacial score (nSPS) is 18.3. The lowest BCUT2D eigenvalue weighted by atomic mass is 9.72. The van der Waals surface area contributed by atoms with Crippen molar-refractivity contribution in [2.24, 2.45) is 0 Å². The summed E-state index contributed by atoms with van der Waals surface area (Å²) in [5.74, 6) is -0.190. The van der Waals surface area contributed by atoms with Gasteiger partial charge in [0.15, 0.2) is 12.4 Å². The number of benzene rings is 1. The Morgan fingerprint density at radius 1 is 1.41 bits per heavy atom. The van der Waals surface area contributed by atoms with Gasteiger partial charge in [-0.1, -0.05) is 19.1 Å². The Hall–Kier alpha value is -2.94. The average molecular weight is 373 g/mol. The third-order valence-electron chi connectivity index (χ3n) is 4.24. The van der Waals surface area contributed by atoms with Gasteiger partial charge in [0.25, 0.3) is 5.95 Å². The molecule has 8 nitrogen and oxygen atoms in total. The molecule has 0 saturated heterocycles. The number of amides is 1. The molecule has 0 bridgehead atoms. The summed E-state index contributed by atoms with van der Waals surface area (Å²) in [5.41, 5.74) is 0.878. The third kappa shape index (κ3) is 4.08. The number of hydrogen-bond acceptors (Lipinski definition) is 7. The van der Waals surface area contributed by atoms with E-state index < -0.39 is 19.0 Å². The third-order valence-corrected chi connectivity index (χ3v) is 4.24. The van der Waals surface area contributed by atoms with Gasteiger partial charge in [0.2, 0.25) is 5.91 Å². The number of allylic oxidation sites excluding steroid dienone is 1. The number of ether oxygens (including phenoxy) is 3. The molecule has 1 amide bonds. The van der Waals surface area contributed by atoms with E-state index in [0.717, 1.165) is 0 Å². The van der Waals surface area contributed by atoms with Gasteiger partial charge in [-0.25, -0.2) is 4.79 Å². The number of carbonyl (C=O) groups is 2. The maximum Gasteiger partial charge on any atom is 0.547 e. The Bertz CT molecular complexity index is 820. The highest BCUT2D eigenvalue weighted by Gasteiger charge is 2.37. The first-order valence-corrected chi connectivity index (χ1v) is 8.56. The van der Waals surface area contributed by atoms with Crippen LogP contribution in [0.3, 0.4) is 0 Å². The summed E-state index contributed by atoms with van der Waals surface area (Å²) in [4.78, 5) is 24.1. The summed E-state index contributed by atoms with van der Waals surface area (Å²) in [5, 5.41) is 12.9. The minimum Gasteiger partial charge on any atom is -0.534 e. The number of para-hydroxylation sites is 1. The number of rotatable bonds is 5. The largest absolute Gasteiger partial charge is 0.547 e. The molecule has 1 aromatic rings. The monoisotopic (exact) mass is 373 g/mol. The Kier molecular flexibility index (Phi) is 5.41. The van der Waals surface area contributed by atoms with Gasteiger partial charge < -0.3 is 29.2 Å². The van der Waals surface area contributed by atoms with Crippen molar-refractivity contribution in [3.8, 4) is 5.75 Å². The maximum absolute atomic E-state index is 12.5. The zero-order chi connectivity index (χ0) is 19.6. The van der Waals surface area contributed by atoms with Crippen LogP contribution in [0.1, 0.15) is 36.2 Å². The summed E-state index contributed by atoms with van der Waals surface area (Å²) in [7, 11) is -1.26. The Morgan fingerprint density at radius 3 is 2.85 bits per heavy atom. The fraction of sp³-hybridized carbons (Fsp3) is 0.333. The fourth-order valence-electron chi connectivity index (χ4n) is 2.81. The molecular formula is C18H20BNO7. The molecule has 9 heteroatoms. The first kappa shape index (κ1) is 18.8. The van der Waals surface area contributed by atoms with E-state index in [1.165, 1.54) is 0 Å². The second-order valence-electron chi connectivity index (χ2n) is 6.17. The molecule has 2 N–H and O–H groups in total. The summed E-state index contributed by atoms with van der Waals surface area (Å²) in [6, 6.07) is 5.01. The molecule has 0 unspecified atom stereocenters. The lowest BCUT2D eigenvalue weighted by molar-refractivity contribution is -0.121. The molecule has 2 heterocycles. The molecule has 2 aliphatic heterocycles. The quantitative estimate of drug-likeness (QED) is 0.595. The van der Waals surface area contributed by atoms with Crippen LogP contribution < -0.4 is 9.97 Å². The van der Waals surface area contributed by atoms with Crippen LogP contribution in [0.4, 0.5) is 0 Å². The lowest BCUT2D eigenvalue weighted by Crippen LogP contribution is -2.53. The summed E-state index contributed by atoms with van der Waals surface area (Å²) in [6.07, 6.45) is 0.639. The molecule has 1 aromatic carbocycles. The maximum atomic E-state index is 12.5. The second-order valence-corrected chi connectivity index (χ2v) is 6.17.